The largest absolute Gasteiger partial charge is 0.493 e. The smallest absolute Gasteiger partial charge is 0.335 e. The van der Waals surface area contributed by atoms with Gasteiger partial charge in [-0.2, -0.15) is 0 Å². The first-order chi connectivity index (χ1) is 10.6. The van der Waals surface area contributed by atoms with Gasteiger partial charge in [-0.25, -0.2) is 4.79 Å². The highest BCUT2D eigenvalue weighted by atomic mass is 32.2. The first kappa shape index (κ1) is 16.4. The Hall–Kier alpha value is -2.02. The summed E-state index contributed by atoms with van der Waals surface area (Å²) in [7, 11) is 1.96. The monoisotopic (exact) mass is 321 g/mol. The molecule has 0 saturated carbocycles. The van der Waals surface area contributed by atoms with Gasteiger partial charge in [0.25, 0.3) is 0 Å². The Morgan fingerprint density at radius 3 is 2.95 bits per heavy atom. The van der Waals surface area contributed by atoms with Crippen molar-refractivity contribution in [1.29, 1.82) is 0 Å². The summed E-state index contributed by atoms with van der Waals surface area (Å²) in [6, 6.07) is 6.48. The standard InChI is InChI=1S/C15H19N3O3S/c1-3-5-13-16-17-15(18(13)2)22-9-8-21-12-7-4-6-11(10-12)14(19)20/h4,6-7,10H,3,5,8-9H2,1-2H3,(H,19,20). The predicted molar refractivity (Wildman–Crippen MR) is 84.6 cm³/mol. The molecular formula is C15H19N3O3S. The van der Waals surface area contributed by atoms with Gasteiger partial charge in [0.1, 0.15) is 11.6 Å². The molecule has 0 radical (unpaired) electrons. The van der Waals surface area contributed by atoms with Crippen LogP contribution in [0, 0.1) is 0 Å². The van der Waals surface area contributed by atoms with Crippen LogP contribution in [-0.2, 0) is 13.5 Å². The number of aryl methyl sites for hydroxylation is 1. The van der Waals surface area contributed by atoms with E-state index >= 15 is 0 Å². The van der Waals surface area contributed by atoms with E-state index in [2.05, 4.69) is 17.1 Å². The number of aromatic carboxylic acids is 1. The summed E-state index contributed by atoms with van der Waals surface area (Å²) in [6.45, 7) is 2.59. The van der Waals surface area contributed by atoms with Gasteiger partial charge >= 0.3 is 5.97 Å². The number of carboxylic acids is 1. The van der Waals surface area contributed by atoms with E-state index in [-0.39, 0.29) is 5.56 Å². The van der Waals surface area contributed by atoms with Gasteiger partial charge in [-0.15, -0.1) is 10.2 Å². The van der Waals surface area contributed by atoms with Crippen molar-refractivity contribution in [2.45, 2.75) is 24.9 Å². The fourth-order valence-electron chi connectivity index (χ4n) is 1.92. The molecule has 0 aliphatic rings. The van der Waals surface area contributed by atoms with Crippen LogP contribution in [0.5, 0.6) is 5.75 Å². The Morgan fingerprint density at radius 2 is 2.23 bits per heavy atom. The third-order valence-corrected chi connectivity index (χ3v) is 4.05. The second-order valence-corrected chi connectivity index (χ2v) is 5.80. The number of rotatable bonds is 8. The van der Waals surface area contributed by atoms with E-state index in [4.69, 9.17) is 9.84 Å². The van der Waals surface area contributed by atoms with Crippen LogP contribution in [0.3, 0.4) is 0 Å². The topological polar surface area (TPSA) is 77.2 Å². The molecule has 0 amide bonds. The Morgan fingerprint density at radius 1 is 1.41 bits per heavy atom. The summed E-state index contributed by atoms with van der Waals surface area (Å²) in [5.41, 5.74) is 0.225. The molecule has 0 bridgehead atoms. The molecule has 1 aromatic heterocycles. The lowest BCUT2D eigenvalue weighted by Gasteiger charge is -2.07. The summed E-state index contributed by atoms with van der Waals surface area (Å²) in [5.74, 6) is 1.31. The van der Waals surface area contributed by atoms with Crippen molar-refractivity contribution in [2.24, 2.45) is 7.05 Å². The summed E-state index contributed by atoms with van der Waals surface area (Å²) >= 11 is 1.57. The highest BCUT2D eigenvalue weighted by Gasteiger charge is 2.08. The maximum absolute atomic E-state index is 10.9. The van der Waals surface area contributed by atoms with Crippen LogP contribution in [0.2, 0.25) is 0 Å². The summed E-state index contributed by atoms with van der Waals surface area (Å²) < 4.78 is 7.57. The number of carbonyl (C=O) groups is 1. The van der Waals surface area contributed by atoms with Crippen LogP contribution >= 0.6 is 11.8 Å². The molecule has 118 valence electrons. The number of benzene rings is 1. The maximum atomic E-state index is 10.9. The van der Waals surface area contributed by atoms with Crippen molar-refractivity contribution in [1.82, 2.24) is 14.8 Å². The van der Waals surface area contributed by atoms with E-state index in [9.17, 15) is 4.79 Å². The molecule has 0 spiro atoms. The van der Waals surface area contributed by atoms with Crippen LogP contribution < -0.4 is 4.74 Å². The third kappa shape index (κ3) is 4.24. The summed E-state index contributed by atoms with van der Waals surface area (Å²) in [5, 5.41) is 18.1. The lowest BCUT2D eigenvalue weighted by atomic mass is 10.2. The first-order valence-corrected chi connectivity index (χ1v) is 8.07. The van der Waals surface area contributed by atoms with E-state index in [1.54, 1.807) is 30.0 Å². The van der Waals surface area contributed by atoms with E-state index < -0.39 is 5.97 Å². The zero-order valence-electron chi connectivity index (χ0n) is 12.7. The minimum atomic E-state index is -0.956. The van der Waals surface area contributed by atoms with Gasteiger partial charge in [0, 0.05) is 19.2 Å². The first-order valence-electron chi connectivity index (χ1n) is 7.09. The minimum absolute atomic E-state index is 0.225. The van der Waals surface area contributed by atoms with E-state index in [1.165, 1.54) is 6.07 Å². The fourth-order valence-corrected chi connectivity index (χ4v) is 2.67. The summed E-state index contributed by atoms with van der Waals surface area (Å²) in [6.07, 6.45) is 1.96. The van der Waals surface area contributed by atoms with Gasteiger partial charge < -0.3 is 14.4 Å². The lowest BCUT2D eigenvalue weighted by Crippen LogP contribution is -2.04. The Kier molecular flexibility index (Phi) is 5.83. The summed E-state index contributed by atoms with van der Waals surface area (Å²) in [4.78, 5) is 10.9. The van der Waals surface area contributed by atoms with E-state index in [0.717, 1.165) is 29.6 Å². The second kappa shape index (κ2) is 7.84. The van der Waals surface area contributed by atoms with Crippen molar-refractivity contribution in [3.63, 3.8) is 0 Å². The van der Waals surface area contributed by atoms with Crippen molar-refractivity contribution >= 4 is 17.7 Å². The molecule has 22 heavy (non-hydrogen) atoms. The fraction of sp³-hybridized carbons (Fsp3) is 0.400. The molecule has 0 unspecified atom stereocenters. The van der Waals surface area contributed by atoms with Gasteiger partial charge in [-0.3, -0.25) is 0 Å². The van der Waals surface area contributed by atoms with Crippen LogP contribution in [0.15, 0.2) is 29.4 Å². The van der Waals surface area contributed by atoms with Gasteiger partial charge in [-0.1, -0.05) is 24.8 Å². The number of thioether (sulfide) groups is 1. The van der Waals surface area contributed by atoms with E-state index in [1.807, 2.05) is 11.6 Å². The number of carboxylic acid groups (broad SMARTS) is 1. The molecule has 6 nitrogen and oxygen atoms in total. The molecule has 0 fully saturated rings. The maximum Gasteiger partial charge on any atom is 0.335 e. The van der Waals surface area contributed by atoms with Crippen LogP contribution in [-0.4, -0.2) is 38.2 Å². The molecule has 0 atom stereocenters. The van der Waals surface area contributed by atoms with Crippen LogP contribution in [0.1, 0.15) is 29.5 Å². The second-order valence-electron chi connectivity index (χ2n) is 4.74. The van der Waals surface area contributed by atoms with Crippen molar-refractivity contribution < 1.29 is 14.6 Å². The number of ether oxygens (including phenoxy) is 1. The molecule has 2 rings (SSSR count). The number of hydrogen-bond acceptors (Lipinski definition) is 5. The average Bonchev–Trinajstić information content (AvgIpc) is 2.85. The molecule has 2 aromatic rings. The Labute approximate surface area is 133 Å². The van der Waals surface area contributed by atoms with Gasteiger partial charge in [-0.05, 0) is 24.6 Å². The number of nitrogens with zero attached hydrogens (tertiary/aromatic N) is 3. The SMILES string of the molecule is CCCc1nnc(SCCOc2cccc(C(=O)O)c2)n1C. The molecule has 1 N–H and O–H groups in total. The van der Waals surface area contributed by atoms with Gasteiger partial charge in [0.2, 0.25) is 0 Å². The Balaban J connectivity index is 1.82. The van der Waals surface area contributed by atoms with Gasteiger partial charge in [0.15, 0.2) is 5.16 Å². The number of aromatic nitrogens is 3. The van der Waals surface area contributed by atoms with Gasteiger partial charge in [0.05, 0.1) is 12.2 Å². The van der Waals surface area contributed by atoms with E-state index in [0.29, 0.717) is 12.4 Å². The predicted octanol–water partition coefficient (Wildman–Crippen LogP) is 2.64. The molecular weight excluding hydrogens is 302 g/mol. The van der Waals surface area contributed by atoms with Crippen LogP contribution in [0.25, 0.3) is 0 Å². The Bertz CT molecular complexity index is 643. The minimum Gasteiger partial charge on any atom is -0.493 e. The molecule has 7 heteroatoms. The van der Waals surface area contributed by atoms with Crippen molar-refractivity contribution in [3.8, 4) is 5.75 Å². The number of hydrogen-bond donors (Lipinski definition) is 1. The highest BCUT2D eigenvalue weighted by molar-refractivity contribution is 7.99. The lowest BCUT2D eigenvalue weighted by molar-refractivity contribution is 0.0696. The highest BCUT2D eigenvalue weighted by Crippen LogP contribution is 2.18. The normalized spacial score (nSPS) is 10.6. The zero-order chi connectivity index (χ0) is 15.9. The molecule has 0 aliphatic heterocycles. The average molecular weight is 321 g/mol. The quantitative estimate of drug-likeness (QED) is 0.595. The third-order valence-electron chi connectivity index (χ3n) is 3.06. The van der Waals surface area contributed by atoms with Crippen molar-refractivity contribution in [2.75, 3.05) is 12.4 Å². The molecule has 0 aliphatic carbocycles. The zero-order valence-corrected chi connectivity index (χ0v) is 13.5. The molecule has 1 heterocycles. The molecule has 0 saturated heterocycles. The molecule has 1 aromatic carbocycles. The van der Waals surface area contributed by atoms with Crippen molar-refractivity contribution in [3.05, 3.63) is 35.7 Å². The van der Waals surface area contributed by atoms with Crippen LogP contribution in [0.4, 0.5) is 0 Å².